The van der Waals surface area contributed by atoms with Crippen LogP contribution in [0, 0.1) is 5.82 Å². The van der Waals surface area contributed by atoms with Gasteiger partial charge in [-0.15, -0.1) is 11.3 Å². The molecular weight excluding hydrogens is 325 g/mol. The minimum Gasteiger partial charge on any atom is -0.497 e. The van der Waals surface area contributed by atoms with Crippen LogP contribution in [0.5, 0.6) is 5.75 Å². The van der Waals surface area contributed by atoms with Crippen LogP contribution < -0.4 is 9.54 Å². The van der Waals surface area contributed by atoms with Gasteiger partial charge in [0.05, 0.1) is 19.0 Å². The Bertz CT molecular complexity index is 943. The van der Waals surface area contributed by atoms with Gasteiger partial charge in [-0.3, -0.25) is 4.99 Å². The topological polar surface area (TPSA) is 38.9 Å². The summed E-state index contributed by atoms with van der Waals surface area (Å²) in [4.78, 5) is 4.90. The molecule has 1 heterocycles. The Balaban J connectivity index is 2.06. The van der Waals surface area contributed by atoms with Crippen molar-refractivity contribution in [3.8, 4) is 17.0 Å². The molecule has 0 saturated heterocycles. The molecule has 0 atom stereocenters. The molecule has 0 radical (unpaired) electrons. The van der Waals surface area contributed by atoms with E-state index in [9.17, 15) is 4.39 Å². The number of halogens is 1. The number of rotatable bonds is 4. The Morgan fingerprint density at radius 1 is 1.17 bits per heavy atom. The predicted molar refractivity (Wildman–Crippen MR) is 95.2 cm³/mol. The van der Waals surface area contributed by atoms with E-state index in [0.29, 0.717) is 16.1 Å². The van der Waals surface area contributed by atoms with Crippen molar-refractivity contribution in [2.75, 3.05) is 14.2 Å². The number of hydrogen-bond acceptors (Lipinski definition) is 4. The van der Waals surface area contributed by atoms with Crippen molar-refractivity contribution in [1.82, 2.24) is 4.68 Å². The molecule has 3 rings (SSSR count). The summed E-state index contributed by atoms with van der Waals surface area (Å²) in [6.45, 7) is 0. The Kier molecular flexibility index (Phi) is 4.86. The summed E-state index contributed by atoms with van der Waals surface area (Å²) in [6.07, 6.45) is 1.70. The SMILES string of the molecule is CN=c1scc(-c2ccccc2F)n1/N=C\c1cccc(OC)c1. The number of nitrogens with zero attached hydrogens (tertiary/aromatic N) is 3. The molecule has 1 aromatic heterocycles. The van der Waals surface area contributed by atoms with Gasteiger partial charge in [0.15, 0.2) is 0 Å². The molecule has 4 nitrogen and oxygen atoms in total. The highest BCUT2D eigenvalue weighted by molar-refractivity contribution is 7.07. The molecule has 0 unspecified atom stereocenters. The first-order valence-electron chi connectivity index (χ1n) is 7.29. The van der Waals surface area contributed by atoms with E-state index in [-0.39, 0.29) is 5.82 Å². The molecule has 0 N–H and O–H groups in total. The van der Waals surface area contributed by atoms with Crippen LogP contribution in [0.25, 0.3) is 11.3 Å². The Hall–Kier alpha value is -2.73. The molecule has 0 spiro atoms. The fourth-order valence-corrected chi connectivity index (χ4v) is 3.06. The standard InChI is InChI=1S/C18H16FN3OS/c1-20-18-22(21-11-13-6-5-7-14(10-13)23-2)17(12-24-18)15-8-3-4-9-16(15)19/h3-12H,1-2H3/b20-18?,21-11-. The summed E-state index contributed by atoms with van der Waals surface area (Å²) in [5.41, 5.74) is 2.04. The lowest BCUT2D eigenvalue weighted by atomic mass is 10.1. The quantitative estimate of drug-likeness (QED) is 0.666. The summed E-state index contributed by atoms with van der Waals surface area (Å²) < 4.78 is 21.0. The van der Waals surface area contributed by atoms with Gasteiger partial charge >= 0.3 is 0 Å². The fourth-order valence-electron chi connectivity index (χ4n) is 2.26. The van der Waals surface area contributed by atoms with Gasteiger partial charge < -0.3 is 4.74 Å². The predicted octanol–water partition coefficient (Wildman–Crippen LogP) is 3.78. The van der Waals surface area contributed by atoms with Crippen molar-refractivity contribution in [3.05, 3.63) is 70.1 Å². The average molecular weight is 341 g/mol. The van der Waals surface area contributed by atoms with E-state index in [1.165, 1.54) is 17.4 Å². The first kappa shape index (κ1) is 16.1. The lowest BCUT2D eigenvalue weighted by Crippen LogP contribution is -2.11. The van der Waals surface area contributed by atoms with Gasteiger partial charge in [0.25, 0.3) is 0 Å². The average Bonchev–Trinajstić information content (AvgIpc) is 3.03. The number of benzene rings is 2. The van der Waals surface area contributed by atoms with Crippen molar-refractivity contribution >= 4 is 17.6 Å². The largest absolute Gasteiger partial charge is 0.497 e. The molecule has 2 aromatic carbocycles. The summed E-state index contributed by atoms with van der Waals surface area (Å²) in [5.74, 6) is 0.465. The first-order valence-corrected chi connectivity index (χ1v) is 8.17. The number of ether oxygens (including phenoxy) is 1. The highest BCUT2D eigenvalue weighted by Gasteiger charge is 2.11. The van der Waals surface area contributed by atoms with Crippen LogP contribution in [0.1, 0.15) is 5.56 Å². The Morgan fingerprint density at radius 2 is 2.00 bits per heavy atom. The van der Waals surface area contributed by atoms with Crippen LogP contribution in [0.15, 0.2) is 64.0 Å². The van der Waals surface area contributed by atoms with E-state index >= 15 is 0 Å². The summed E-state index contributed by atoms with van der Waals surface area (Å²) in [6, 6.07) is 14.2. The molecule has 0 fully saturated rings. The molecule has 0 aliphatic heterocycles. The molecule has 0 amide bonds. The molecule has 0 saturated carbocycles. The van der Waals surface area contributed by atoms with Gasteiger partial charge in [0.1, 0.15) is 11.6 Å². The maximum atomic E-state index is 14.1. The van der Waals surface area contributed by atoms with Crippen LogP contribution in [0.3, 0.4) is 0 Å². The minimum atomic E-state index is -0.289. The zero-order valence-corrected chi connectivity index (χ0v) is 14.1. The third kappa shape index (κ3) is 3.28. The molecule has 0 aliphatic rings. The molecule has 0 bridgehead atoms. The van der Waals surface area contributed by atoms with E-state index in [1.807, 2.05) is 29.6 Å². The first-order chi connectivity index (χ1) is 11.7. The van der Waals surface area contributed by atoms with Crippen molar-refractivity contribution in [2.45, 2.75) is 0 Å². The zero-order chi connectivity index (χ0) is 16.9. The molecular formula is C18H16FN3OS. The number of hydrogen-bond donors (Lipinski definition) is 0. The van der Waals surface area contributed by atoms with Crippen molar-refractivity contribution in [3.63, 3.8) is 0 Å². The number of aromatic nitrogens is 1. The van der Waals surface area contributed by atoms with E-state index in [1.54, 1.807) is 43.2 Å². The maximum Gasteiger partial charge on any atom is 0.205 e. The summed E-state index contributed by atoms with van der Waals surface area (Å²) in [7, 11) is 3.31. The smallest absolute Gasteiger partial charge is 0.205 e. The van der Waals surface area contributed by atoms with Gasteiger partial charge in [0, 0.05) is 18.0 Å². The van der Waals surface area contributed by atoms with Gasteiger partial charge in [-0.1, -0.05) is 24.3 Å². The van der Waals surface area contributed by atoms with Crippen LogP contribution >= 0.6 is 11.3 Å². The molecule has 24 heavy (non-hydrogen) atoms. The van der Waals surface area contributed by atoms with Gasteiger partial charge in [-0.25, -0.2) is 9.07 Å². The van der Waals surface area contributed by atoms with Crippen LogP contribution in [0.4, 0.5) is 4.39 Å². The molecule has 0 aliphatic carbocycles. The molecule has 6 heteroatoms. The monoisotopic (exact) mass is 341 g/mol. The molecule has 3 aromatic rings. The third-order valence-electron chi connectivity index (χ3n) is 3.44. The number of thiazole rings is 1. The van der Waals surface area contributed by atoms with Crippen molar-refractivity contribution in [1.29, 1.82) is 0 Å². The second-order valence-corrected chi connectivity index (χ2v) is 5.78. The zero-order valence-electron chi connectivity index (χ0n) is 13.3. The Morgan fingerprint density at radius 3 is 2.75 bits per heavy atom. The second kappa shape index (κ2) is 7.23. The molecule has 122 valence electrons. The van der Waals surface area contributed by atoms with Crippen molar-refractivity contribution < 1.29 is 9.13 Å². The summed E-state index contributed by atoms with van der Waals surface area (Å²) in [5, 5.41) is 6.34. The highest BCUT2D eigenvalue weighted by atomic mass is 32.1. The van der Waals surface area contributed by atoms with Crippen molar-refractivity contribution in [2.24, 2.45) is 10.1 Å². The summed E-state index contributed by atoms with van der Waals surface area (Å²) >= 11 is 1.41. The maximum absolute atomic E-state index is 14.1. The van der Waals surface area contributed by atoms with E-state index in [0.717, 1.165) is 11.3 Å². The van der Waals surface area contributed by atoms with E-state index in [4.69, 9.17) is 4.74 Å². The second-order valence-electron chi connectivity index (χ2n) is 4.94. The van der Waals surface area contributed by atoms with E-state index in [2.05, 4.69) is 10.1 Å². The highest BCUT2D eigenvalue weighted by Crippen LogP contribution is 2.23. The van der Waals surface area contributed by atoms with Gasteiger partial charge in [-0.2, -0.15) is 5.10 Å². The van der Waals surface area contributed by atoms with Crippen LogP contribution in [-0.2, 0) is 0 Å². The normalized spacial score (nSPS) is 12.0. The lowest BCUT2D eigenvalue weighted by molar-refractivity contribution is 0.415. The Labute approximate surface area is 143 Å². The minimum absolute atomic E-state index is 0.289. The number of methoxy groups -OCH3 is 1. The van der Waals surface area contributed by atoms with Crippen LogP contribution in [-0.4, -0.2) is 25.0 Å². The van der Waals surface area contributed by atoms with Gasteiger partial charge in [-0.05, 0) is 29.8 Å². The van der Waals surface area contributed by atoms with Gasteiger partial charge in [0.2, 0.25) is 4.80 Å². The van der Waals surface area contributed by atoms with E-state index < -0.39 is 0 Å². The lowest BCUT2D eigenvalue weighted by Gasteiger charge is -2.05. The third-order valence-corrected chi connectivity index (χ3v) is 4.35. The van der Waals surface area contributed by atoms with Crippen LogP contribution in [0.2, 0.25) is 0 Å². The fraction of sp³-hybridized carbons (Fsp3) is 0.111.